The van der Waals surface area contributed by atoms with Crippen molar-refractivity contribution < 1.29 is 9.90 Å². The van der Waals surface area contributed by atoms with E-state index in [9.17, 15) is 15.2 Å². The molecule has 3 aromatic rings. The lowest BCUT2D eigenvalue weighted by atomic mass is 9.74. The minimum absolute atomic E-state index is 0.0262. The summed E-state index contributed by atoms with van der Waals surface area (Å²) >= 11 is 0. The highest BCUT2D eigenvalue weighted by molar-refractivity contribution is 5.98. The monoisotopic (exact) mass is 493 g/mol. The number of anilines is 1. The second-order valence-corrected chi connectivity index (χ2v) is 11.7. The minimum Gasteiger partial charge on any atom is -0.493 e. The third-order valence-electron chi connectivity index (χ3n) is 8.41. The van der Waals surface area contributed by atoms with Crippen molar-refractivity contribution >= 4 is 22.5 Å². The Bertz CT molecular complexity index is 1500. The maximum atomic E-state index is 12.1. The highest BCUT2D eigenvalue weighted by Crippen LogP contribution is 2.46. The number of carbonyl (C=O) groups is 1. The molecule has 1 aliphatic carbocycles. The van der Waals surface area contributed by atoms with E-state index in [0.29, 0.717) is 30.2 Å². The lowest BCUT2D eigenvalue weighted by Crippen LogP contribution is -2.59. The molecule has 6 rings (SSSR count). The number of hydrogen-bond donors (Lipinski definition) is 1. The molecule has 1 amide bonds. The molecule has 1 spiro atoms. The number of pyridine rings is 2. The molecule has 2 aliphatic heterocycles. The first-order valence-corrected chi connectivity index (χ1v) is 12.9. The predicted molar refractivity (Wildman–Crippen MR) is 143 cm³/mol. The normalized spacial score (nSPS) is 19.4. The van der Waals surface area contributed by atoms with Gasteiger partial charge < -0.3 is 14.9 Å². The van der Waals surface area contributed by atoms with Gasteiger partial charge in [0.1, 0.15) is 17.5 Å². The van der Waals surface area contributed by atoms with Crippen molar-refractivity contribution in [3.8, 4) is 23.2 Å². The number of benzene rings is 1. The molecule has 0 radical (unpaired) electrons. The van der Waals surface area contributed by atoms with Gasteiger partial charge in [0.25, 0.3) is 0 Å². The molecular formula is C30H31N5O2. The molecule has 1 aromatic carbocycles. The lowest BCUT2D eigenvalue weighted by molar-refractivity contribution is -0.136. The number of aromatic nitrogens is 2. The number of hydrogen-bond acceptors (Lipinski definition) is 6. The molecule has 0 atom stereocenters. The quantitative estimate of drug-likeness (QED) is 0.536. The van der Waals surface area contributed by atoms with Crippen LogP contribution in [0.3, 0.4) is 0 Å². The molecule has 2 saturated heterocycles. The Hall–Kier alpha value is -3.92. The third kappa shape index (κ3) is 3.83. The standard InChI is InChI=1S/C30H31N5O2/c1-4-25(37)35-17-30(18-35)11-12-34(16-30)28-22(15-31)26(21-9-10-29(2,3)14-23(21)32-28)27-20-8-6-5-7-19(20)13-24(36)33-27/h4-8,13H,1,9-12,14,16-18H2,2-3H3,(H,33,36). The van der Waals surface area contributed by atoms with Crippen LogP contribution in [0.25, 0.3) is 22.0 Å². The molecule has 1 N–H and O–H groups in total. The summed E-state index contributed by atoms with van der Waals surface area (Å²) in [5, 5.41) is 22.9. The van der Waals surface area contributed by atoms with E-state index >= 15 is 0 Å². The number of fused-ring (bicyclic) bond motifs is 2. The van der Waals surface area contributed by atoms with E-state index in [1.807, 2.05) is 29.2 Å². The van der Waals surface area contributed by atoms with Gasteiger partial charge in [0.05, 0.1) is 5.69 Å². The van der Waals surface area contributed by atoms with Crippen LogP contribution in [0, 0.1) is 22.2 Å². The van der Waals surface area contributed by atoms with E-state index in [1.165, 1.54) is 6.08 Å². The van der Waals surface area contributed by atoms with Crippen LogP contribution >= 0.6 is 0 Å². The Morgan fingerprint density at radius 2 is 1.97 bits per heavy atom. The van der Waals surface area contributed by atoms with E-state index in [0.717, 1.165) is 66.4 Å². The van der Waals surface area contributed by atoms with Crippen LogP contribution in [-0.4, -0.2) is 52.1 Å². The summed E-state index contributed by atoms with van der Waals surface area (Å²) in [6.45, 7) is 11.1. The van der Waals surface area contributed by atoms with Crippen molar-refractivity contribution in [2.24, 2.45) is 10.8 Å². The molecule has 2 fully saturated rings. The van der Waals surface area contributed by atoms with Gasteiger partial charge in [0.2, 0.25) is 11.8 Å². The number of rotatable bonds is 3. The molecular weight excluding hydrogens is 462 g/mol. The zero-order chi connectivity index (χ0) is 25.9. The summed E-state index contributed by atoms with van der Waals surface area (Å²) in [6.07, 6.45) is 4.96. The number of nitriles is 1. The third-order valence-corrected chi connectivity index (χ3v) is 8.41. The lowest BCUT2D eigenvalue weighted by Gasteiger charge is -2.47. The molecule has 188 valence electrons. The van der Waals surface area contributed by atoms with Crippen LogP contribution in [0.4, 0.5) is 5.82 Å². The van der Waals surface area contributed by atoms with Crippen LogP contribution in [0.15, 0.2) is 43.0 Å². The average Bonchev–Trinajstić information content (AvgIpc) is 3.31. The number of carbonyl (C=O) groups excluding carboxylic acids is 1. The molecule has 3 aliphatic rings. The van der Waals surface area contributed by atoms with Crippen LogP contribution in [0.2, 0.25) is 0 Å². The molecule has 0 saturated carbocycles. The van der Waals surface area contributed by atoms with E-state index in [1.54, 1.807) is 6.07 Å². The van der Waals surface area contributed by atoms with Crippen LogP contribution in [-0.2, 0) is 17.6 Å². The Morgan fingerprint density at radius 3 is 2.73 bits per heavy atom. The van der Waals surface area contributed by atoms with Gasteiger partial charge in [-0.2, -0.15) is 5.26 Å². The number of aromatic hydroxyl groups is 1. The first-order valence-electron chi connectivity index (χ1n) is 12.9. The summed E-state index contributed by atoms with van der Waals surface area (Å²) in [5.74, 6) is 0.621. The predicted octanol–water partition coefficient (Wildman–Crippen LogP) is 4.61. The molecule has 7 nitrogen and oxygen atoms in total. The smallest absolute Gasteiger partial charge is 0.245 e. The maximum absolute atomic E-state index is 12.1. The number of amides is 1. The van der Waals surface area contributed by atoms with Gasteiger partial charge in [-0.1, -0.05) is 44.7 Å². The first kappa shape index (κ1) is 23.5. The van der Waals surface area contributed by atoms with Gasteiger partial charge in [-0.3, -0.25) is 4.79 Å². The molecule has 2 aromatic heterocycles. The fourth-order valence-electron chi connectivity index (χ4n) is 6.47. The fourth-order valence-corrected chi connectivity index (χ4v) is 6.47. The van der Waals surface area contributed by atoms with E-state index in [2.05, 4.69) is 36.4 Å². The van der Waals surface area contributed by atoms with Crippen molar-refractivity contribution in [2.45, 2.75) is 39.5 Å². The van der Waals surface area contributed by atoms with Gasteiger partial charge in [-0.05, 0) is 48.1 Å². The summed E-state index contributed by atoms with van der Waals surface area (Å²) < 4.78 is 0. The Labute approximate surface area is 217 Å². The molecule has 0 unspecified atom stereocenters. The summed E-state index contributed by atoms with van der Waals surface area (Å²) in [5.41, 5.74) is 4.21. The van der Waals surface area contributed by atoms with Crippen molar-refractivity contribution in [3.63, 3.8) is 0 Å². The molecule has 4 heterocycles. The minimum atomic E-state index is -0.0533. The second-order valence-electron chi connectivity index (χ2n) is 11.7. The summed E-state index contributed by atoms with van der Waals surface area (Å²) in [4.78, 5) is 25.9. The largest absolute Gasteiger partial charge is 0.493 e. The van der Waals surface area contributed by atoms with Crippen LogP contribution < -0.4 is 4.90 Å². The number of nitrogens with zero attached hydrogens (tertiary/aromatic N) is 5. The van der Waals surface area contributed by atoms with Gasteiger partial charge in [0.15, 0.2) is 0 Å². The molecule has 37 heavy (non-hydrogen) atoms. The molecule has 7 heteroatoms. The topological polar surface area (TPSA) is 93.3 Å². The van der Waals surface area contributed by atoms with Gasteiger partial charge in [0, 0.05) is 54.3 Å². The Balaban J connectivity index is 1.51. The van der Waals surface area contributed by atoms with Crippen molar-refractivity contribution in [1.29, 1.82) is 5.26 Å². The highest BCUT2D eigenvalue weighted by Gasteiger charge is 2.49. The van der Waals surface area contributed by atoms with Gasteiger partial charge in [-0.15, -0.1) is 0 Å². The first-order chi connectivity index (χ1) is 17.7. The fraction of sp³-hybridized carbons (Fsp3) is 0.400. The van der Waals surface area contributed by atoms with Crippen molar-refractivity contribution in [1.82, 2.24) is 14.9 Å². The highest BCUT2D eigenvalue weighted by atomic mass is 16.3. The SMILES string of the molecule is C=CC(=O)N1CC2(CCN(c3nc4c(c(-c5nc(O)cc6ccccc56)c3C#N)CCC(C)(C)C4)C2)C1. The Kier molecular flexibility index (Phi) is 5.27. The van der Waals surface area contributed by atoms with Gasteiger partial charge in [-0.25, -0.2) is 9.97 Å². The van der Waals surface area contributed by atoms with E-state index in [-0.39, 0.29) is 22.6 Å². The Morgan fingerprint density at radius 1 is 1.19 bits per heavy atom. The summed E-state index contributed by atoms with van der Waals surface area (Å²) in [7, 11) is 0. The average molecular weight is 494 g/mol. The van der Waals surface area contributed by atoms with Crippen molar-refractivity contribution in [3.05, 3.63) is 59.8 Å². The molecule has 0 bridgehead atoms. The second kappa shape index (κ2) is 8.31. The van der Waals surface area contributed by atoms with Crippen molar-refractivity contribution in [2.75, 3.05) is 31.1 Å². The van der Waals surface area contributed by atoms with E-state index < -0.39 is 0 Å². The number of likely N-dealkylation sites (tertiary alicyclic amines) is 1. The van der Waals surface area contributed by atoms with Gasteiger partial charge >= 0.3 is 0 Å². The van der Waals surface area contributed by atoms with Crippen LogP contribution in [0.5, 0.6) is 5.88 Å². The zero-order valence-electron chi connectivity index (χ0n) is 21.4. The van der Waals surface area contributed by atoms with Crippen LogP contribution in [0.1, 0.15) is 43.5 Å². The van der Waals surface area contributed by atoms with E-state index in [4.69, 9.17) is 4.98 Å². The summed E-state index contributed by atoms with van der Waals surface area (Å²) in [6, 6.07) is 12.0. The zero-order valence-corrected chi connectivity index (χ0v) is 21.4. The maximum Gasteiger partial charge on any atom is 0.245 e.